The summed E-state index contributed by atoms with van der Waals surface area (Å²) >= 11 is 0. The molecule has 26 heavy (non-hydrogen) atoms. The molecule has 4 nitrogen and oxygen atoms in total. The van der Waals surface area contributed by atoms with E-state index >= 15 is 0 Å². The Kier molecular flexibility index (Phi) is 6.56. The molecule has 4 heteroatoms. The normalized spacial score (nSPS) is 11.7. The van der Waals surface area contributed by atoms with Gasteiger partial charge in [-0.1, -0.05) is 48.0 Å². The average molecular weight is 352 g/mol. The van der Waals surface area contributed by atoms with Crippen LogP contribution >= 0.6 is 0 Å². The summed E-state index contributed by atoms with van der Waals surface area (Å²) in [4.78, 5) is 26.2. The number of aryl methyl sites for hydroxylation is 3. The molecule has 0 heterocycles. The second kappa shape index (κ2) is 8.65. The van der Waals surface area contributed by atoms with Crippen LogP contribution < -0.4 is 10.2 Å². The average Bonchev–Trinajstić information content (AvgIpc) is 2.57. The van der Waals surface area contributed by atoms with Gasteiger partial charge in [0.1, 0.15) is 0 Å². The minimum Gasteiger partial charge on any atom is -0.350 e. The first kappa shape index (κ1) is 19.7. The number of benzene rings is 2. The Morgan fingerprint density at radius 3 is 2.15 bits per heavy atom. The Labute approximate surface area is 156 Å². The van der Waals surface area contributed by atoms with Crippen LogP contribution in [0.15, 0.2) is 42.5 Å². The van der Waals surface area contributed by atoms with Gasteiger partial charge >= 0.3 is 0 Å². The molecule has 0 aliphatic carbocycles. The van der Waals surface area contributed by atoms with Crippen molar-refractivity contribution >= 4 is 17.5 Å². The van der Waals surface area contributed by atoms with Gasteiger partial charge in [0.15, 0.2) is 0 Å². The number of rotatable bonds is 6. The fourth-order valence-electron chi connectivity index (χ4n) is 3.38. The molecule has 0 saturated carbocycles. The topological polar surface area (TPSA) is 49.4 Å². The molecule has 2 amide bonds. The van der Waals surface area contributed by atoms with Crippen LogP contribution in [0.3, 0.4) is 0 Å². The monoisotopic (exact) mass is 352 g/mol. The summed E-state index contributed by atoms with van der Waals surface area (Å²) in [6, 6.07) is 13.9. The predicted octanol–water partition coefficient (Wildman–Crippen LogP) is 4.23. The number of nitrogens with zero attached hydrogens (tertiary/aromatic N) is 1. The Hall–Kier alpha value is -2.62. The Morgan fingerprint density at radius 2 is 1.62 bits per heavy atom. The van der Waals surface area contributed by atoms with E-state index in [-0.39, 0.29) is 24.3 Å². The molecule has 1 N–H and O–H groups in total. The SMILES string of the molecule is CC(=O)N(CCC(=O)NC(C)c1ccccc1)c1c(C)cc(C)cc1C. The third-order valence-corrected chi connectivity index (χ3v) is 4.52. The van der Waals surface area contributed by atoms with Crippen LogP contribution in [0.25, 0.3) is 0 Å². The van der Waals surface area contributed by atoms with Gasteiger partial charge in [-0.15, -0.1) is 0 Å². The van der Waals surface area contributed by atoms with Gasteiger partial charge in [0.25, 0.3) is 0 Å². The Bertz CT molecular complexity index is 761. The summed E-state index contributed by atoms with van der Waals surface area (Å²) < 4.78 is 0. The van der Waals surface area contributed by atoms with E-state index in [1.54, 1.807) is 11.8 Å². The third-order valence-electron chi connectivity index (χ3n) is 4.52. The fraction of sp³-hybridized carbons (Fsp3) is 0.364. The van der Waals surface area contributed by atoms with Crippen LogP contribution in [0.5, 0.6) is 0 Å². The quantitative estimate of drug-likeness (QED) is 0.846. The lowest BCUT2D eigenvalue weighted by molar-refractivity contribution is -0.121. The molecule has 0 aliphatic rings. The van der Waals surface area contributed by atoms with Crippen LogP contribution in [-0.4, -0.2) is 18.4 Å². The zero-order chi connectivity index (χ0) is 19.3. The van der Waals surface area contributed by atoms with Crippen LogP contribution in [-0.2, 0) is 9.59 Å². The predicted molar refractivity (Wildman–Crippen MR) is 106 cm³/mol. The maximum atomic E-state index is 12.4. The van der Waals surface area contributed by atoms with Crippen molar-refractivity contribution in [2.45, 2.75) is 47.1 Å². The lowest BCUT2D eigenvalue weighted by atomic mass is 10.0. The standard InChI is InChI=1S/C22H28N2O2/c1-15-13-16(2)22(17(3)14-15)24(19(5)25)12-11-21(26)23-18(4)20-9-7-6-8-10-20/h6-10,13-14,18H,11-12H2,1-5H3,(H,23,26). The van der Waals surface area contributed by atoms with Gasteiger partial charge in [-0.25, -0.2) is 0 Å². The van der Waals surface area contributed by atoms with E-state index < -0.39 is 0 Å². The molecule has 0 radical (unpaired) electrons. The zero-order valence-electron chi connectivity index (χ0n) is 16.3. The summed E-state index contributed by atoms with van der Waals surface area (Å²) in [5.41, 5.74) is 5.25. The van der Waals surface area contributed by atoms with Gasteiger partial charge in [0.2, 0.25) is 11.8 Å². The molecular formula is C22H28N2O2. The highest BCUT2D eigenvalue weighted by Gasteiger charge is 2.18. The lowest BCUT2D eigenvalue weighted by Gasteiger charge is -2.26. The highest BCUT2D eigenvalue weighted by molar-refractivity contribution is 5.94. The summed E-state index contributed by atoms with van der Waals surface area (Å²) in [7, 11) is 0. The number of carbonyl (C=O) groups excluding carboxylic acids is 2. The minimum atomic E-state index is -0.0602. The highest BCUT2D eigenvalue weighted by Crippen LogP contribution is 2.26. The van der Waals surface area contributed by atoms with Gasteiger partial charge in [-0.05, 0) is 44.4 Å². The second-order valence-corrected chi connectivity index (χ2v) is 6.87. The number of nitrogens with one attached hydrogen (secondary N) is 1. The van der Waals surface area contributed by atoms with Crippen molar-refractivity contribution in [3.05, 3.63) is 64.7 Å². The molecule has 0 spiro atoms. The smallest absolute Gasteiger partial charge is 0.223 e. The molecule has 1 unspecified atom stereocenters. The van der Waals surface area contributed by atoms with Crippen molar-refractivity contribution < 1.29 is 9.59 Å². The van der Waals surface area contributed by atoms with Crippen LogP contribution in [0.1, 0.15) is 48.6 Å². The number of hydrogen-bond acceptors (Lipinski definition) is 2. The minimum absolute atomic E-state index is 0.0519. The maximum absolute atomic E-state index is 12.4. The van der Waals surface area contributed by atoms with E-state index in [0.717, 1.165) is 22.4 Å². The van der Waals surface area contributed by atoms with Crippen molar-refractivity contribution in [1.29, 1.82) is 0 Å². The van der Waals surface area contributed by atoms with Crippen LogP contribution in [0, 0.1) is 20.8 Å². The van der Waals surface area contributed by atoms with Crippen molar-refractivity contribution in [1.82, 2.24) is 5.32 Å². The first-order valence-electron chi connectivity index (χ1n) is 9.00. The molecule has 138 valence electrons. The molecule has 0 aliphatic heterocycles. The summed E-state index contributed by atoms with van der Waals surface area (Å²) in [6.45, 7) is 9.92. The van der Waals surface area contributed by atoms with Gasteiger partial charge in [0, 0.05) is 25.6 Å². The number of carbonyl (C=O) groups is 2. The maximum Gasteiger partial charge on any atom is 0.223 e. The van der Waals surface area contributed by atoms with Crippen molar-refractivity contribution in [3.63, 3.8) is 0 Å². The van der Waals surface area contributed by atoms with E-state index in [0.29, 0.717) is 6.54 Å². The first-order valence-corrected chi connectivity index (χ1v) is 9.00. The molecule has 1 atom stereocenters. The lowest BCUT2D eigenvalue weighted by Crippen LogP contribution is -2.35. The van der Waals surface area contributed by atoms with Gasteiger partial charge < -0.3 is 10.2 Å². The van der Waals surface area contributed by atoms with E-state index in [2.05, 4.69) is 17.4 Å². The summed E-state index contributed by atoms with van der Waals surface area (Å²) in [5.74, 6) is -0.112. The van der Waals surface area contributed by atoms with E-state index in [1.807, 2.05) is 58.0 Å². The van der Waals surface area contributed by atoms with Crippen molar-refractivity contribution in [2.24, 2.45) is 0 Å². The Balaban J connectivity index is 2.05. The molecule has 0 aromatic heterocycles. The third kappa shape index (κ3) is 4.94. The molecule has 2 aromatic rings. The zero-order valence-corrected chi connectivity index (χ0v) is 16.3. The summed E-state index contributed by atoms with van der Waals surface area (Å²) in [6.07, 6.45) is 0.267. The van der Waals surface area contributed by atoms with Gasteiger partial charge in [-0.3, -0.25) is 9.59 Å². The fourth-order valence-corrected chi connectivity index (χ4v) is 3.38. The Morgan fingerprint density at radius 1 is 1.04 bits per heavy atom. The van der Waals surface area contributed by atoms with Gasteiger partial charge in [-0.2, -0.15) is 0 Å². The molecule has 0 saturated heterocycles. The number of anilines is 1. The molecule has 2 aromatic carbocycles. The van der Waals surface area contributed by atoms with E-state index in [9.17, 15) is 9.59 Å². The van der Waals surface area contributed by atoms with Crippen LogP contribution in [0.2, 0.25) is 0 Å². The van der Waals surface area contributed by atoms with E-state index in [4.69, 9.17) is 0 Å². The molecule has 0 fully saturated rings. The van der Waals surface area contributed by atoms with E-state index in [1.165, 1.54) is 5.56 Å². The molecule has 2 rings (SSSR count). The highest BCUT2D eigenvalue weighted by atomic mass is 16.2. The molecule has 0 bridgehead atoms. The molecular weight excluding hydrogens is 324 g/mol. The van der Waals surface area contributed by atoms with Crippen LogP contribution in [0.4, 0.5) is 5.69 Å². The van der Waals surface area contributed by atoms with Crippen molar-refractivity contribution in [3.8, 4) is 0 Å². The number of hydrogen-bond donors (Lipinski definition) is 1. The van der Waals surface area contributed by atoms with Crippen molar-refractivity contribution in [2.75, 3.05) is 11.4 Å². The second-order valence-electron chi connectivity index (χ2n) is 6.87. The number of amides is 2. The largest absolute Gasteiger partial charge is 0.350 e. The summed E-state index contributed by atoms with van der Waals surface area (Å²) in [5, 5.41) is 3.00. The van der Waals surface area contributed by atoms with Gasteiger partial charge in [0.05, 0.1) is 6.04 Å². The first-order chi connectivity index (χ1) is 12.3.